The lowest BCUT2D eigenvalue weighted by atomic mass is 10.0. The lowest BCUT2D eigenvalue weighted by Crippen LogP contribution is -2.16. The molecule has 4 aromatic rings. The van der Waals surface area contributed by atoms with E-state index in [0.717, 1.165) is 15.6 Å². The molecule has 2 heterocycles. The summed E-state index contributed by atoms with van der Waals surface area (Å²) in [5.74, 6) is -0.419. The Morgan fingerprint density at radius 2 is 1.89 bits per heavy atom. The molecule has 5 rings (SSSR count). The van der Waals surface area contributed by atoms with Gasteiger partial charge in [-0.15, -0.1) is 0 Å². The molecule has 0 bridgehead atoms. The van der Waals surface area contributed by atoms with Crippen molar-refractivity contribution in [1.82, 2.24) is 0 Å². The lowest BCUT2D eigenvalue weighted by molar-refractivity contribution is -0.152. The van der Waals surface area contributed by atoms with Gasteiger partial charge in [-0.3, -0.25) is 4.79 Å². The molecule has 36 heavy (non-hydrogen) atoms. The summed E-state index contributed by atoms with van der Waals surface area (Å²) >= 11 is 3.44. The van der Waals surface area contributed by atoms with Crippen molar-refractivity contribution in [2.45, 2.75) is 19.4 Å². The Balaban J connectivity index is 1.56. The Morgan fingerprint density at radius 1 is 1.08 bits per heavy atom. The number of alkyl halides is 3. The number of halogens is 4. The fourth-order valence-electron chi connectivity index (χ4n) is 4.08. The van der Waals surface area contributed by atoms with E-state index in [9.17, 15) is 18.0 Å². The molecule has 0 spiro atoms. The highest BCUT2D eigenvalue weighted by atomic mass is 79.9. The molecule has 0 saturated carbocycles. The van der Waals surface area contributed by atoms with Gasteiger partial charge < -0.3 is 23.4 Å². The van der Waals surface area contributed by atoms with Crippen LogP contribution < -0.4 is 19.6 Å². The molecule has 0 fully saturated rings. The van der Waals surface area contributed by atoms with Crippen molar-refractivity contribution >= 4 is 26.9 Å². The third-order valence-corrected chi connectivity index (χ3v) is 6.10. The molecule has 1 aliphatic rings. The second kappa shape index (κ2) is 9.51. The maximum absolute atomic E-state index is 14.0. The molecule has 1 aliphatic heterocycles. The summed E-state index contributed by atoms with van der Waals surface area (Å²) in [7, 11) is 1.32. The van der Waals surface area contributed by atoms with Crippen LogP contribution in [0.25, 0.3) is 22.1 Å². The monoisotopic (exact) mass is 562 g/mol. The van der Waals surface area contributed by atoms with Crippen LogP contribution in [0.1, 0.15) is 16.9 Å². The highest BCUT2D eigenvalue weighted by Gasteiger charge is 2.40. The number of hydrogen-bond donors (Lipinski definition) is 0. The highest BCUT2D eigenvalue weighted by molar-refractivity contribution is 9.10. The van der Waals surface area contributed by atoms with E-state index >= 15 is 0 Å². The standard InChI is InChI=1S/C26H18BrF3O6/c1-32-20-5-3-2-4-18(20)22-23(31)19-7-6-17(10-21(19)36-25(22)26(28,29)30)34-12-15-9-16(27)8-14-11-33-13-35-24(14)15/h2-10H,11-13H2,1H3. The highest BCUT2D eigenvalue weighted by Crippen LogP contribution is 2.40. The fourth-order valence-corrected chi connectivity index (χ4v) is 4.64. The number of hydrogen-bond acceptors (Lipinski definition) is 6. The smallest absolute Gasteiger partial charge is 0.450 e. The van der Waals surface area contributed by atoms with E-state index in [1.807, 2.05) is 12.1 Å². The summed E-state index contributed by atoms with van der Waals surface area (Å²) in [5.41, 5.74) is -0.115. The predicted molar refractivity (Wildman–Crippen MR) is 128 cm³/mol. The number of ether oxygens (including phenoxy) is 4. The Labute approximate surface area is 211 Å². The second-order valence-electron chi connectivity index (χ2n) is 7.94. The molecule has 0 aliphatic carbocycles. The number of para-hydroxylation sites is 1. The second-order valence-corrected chi connectivity index (χ2v) is 8.86. The van der Waals surface area contributed by atoms with Gasteiger partial charge >= 0.3 is 6.18 Å². The minimum absolute atomic E-state index is 0.00768. The van der Waals surface area contributed by atoms with E-state index in [0.29, 0.717) is 12.4 Å². The Kier molecular flexibility index (Phi) is 6.40. The van der Waals surface area contributed by atoms with Crippen LogP contribution in [0.3, 0.4) is 0 Å². The predicted octanol–water partition coefficient (Wildman–Crippen LogP) is 6.70. The van der Waals surface area contributed by atoms with Crippen molar-refractivity contribution in [3.05, 3.63) is 86.2 Å². The van der Waals surface area contributed by atoms with Gasteiger partial charge in [0.25, 0.3) is 0 Å². The number of benzene rings is 3. The van der Waals surface area contributed by atoms with Crippen molar-refractivity contribution in [2.75, 3.05) is 13.9 Å². The maximum atomic E-state index is 14.0. The minimum atomic E-state index is -4.92. The SMILES string of the molecule is COc1ccccc1-c1c(C(F)(F)F)oc2cc(OCc3cc(Br)cc4c3OCOC4)ccc2c1=O. The molecule has 0 atom stereocenters. The van der Waals surface area contributed by atoms with Gasteiger partial charge in [-0.1, -0.05) is 34.1 Å². The van der Waals surface area contributed by atoms with Crippen molar-refractivity contribution < 1.29 is 36.5 Å². The summed E-state index contributed by atoms with van der Waals surface area (Å²) in [4.78, 5) is 13.3. The molecule has 0 amide bonds. The molecule has 6 nitrogen and oxygen atoms in total. The molecule has 1 aromatic heterocycles. The minimum Gasteiger partial charge on any atom is -0.496 e. The van der Waals surface area contributed by atoms with Crippen LogP contribution in [0.4, 0.5) is 13.2 Å². The Morgan fingerprint density at radius 3 is 2.67 bits per heavy atom. The Bertz CT molecular complexity index is 1510. The molecule has 3 aromatic carbocycles. The third kappa shape index (κ3) is 4.54. The van der Waals surface area contributed by atoms with Crippen LogP contribution in [-0.2, 0) is 24.1 Å². The number of fused-ring (bicyclic) bond motifs is 2. The molecule has 0 N–H and O–H groups in total. The largest absolute Gasteiger partial charge is 0.496 e. The summed E-state index contributed by atoms with van der Waals surface area (Å²) < 4.78 is 70.0. The summed E-state index contributed by atoms with van der Waals surface area (Å²) in [6, 6.07) is 13.8. The molecular weight excluding hydrogens is 545 g/mol. The first kappa shape index (κ1) is 24.2. The molecular formula is C26H18BrF3O6. The third-order valence-electron chi connectivity index (χ3n) is 5.64. The maximum Gasteiger partial charge on any atom is 0.450 e. The molecule has 0 radical (unpaired) electrons. The van der Waals surface area contributed by atoms with Crippen LogP contribution >= 0.6 is 15.9 Å². The number of methoxy groups -OCH3 is 1. The van der Waals surface area contributed by atoms with E-state index in [-0.39, 0.29) is 41.4 Å². The van der Waals surface area contributed by atoms with Gasteiger partial charge in [0, 0.05) is 27.2 Å². The summed E-state index contributed by atoms with van der Waals surface area (Å²) in [6.45, 7) is 0.568. The van der Waals surface area contributed by atoms with E-state index < -0.39 is 22.9 Å². The first-order valence-corrected chi connectivity index (χ1v) is 11.5. The van der Waals surface area contributed by atoms with E-state index in [1.165, 1.54) is 43.5 Å². The van der Waals surface area contributed by atoms with Gasteiger partial charge in [-0.2, -0.15) is 13.2 Å². The van der Waals surface area contributed by atoms with Crippen LogP contribution in [0, 0.1) is 0 Å². The average Bonchev–Trinajstić information content (AvgIpc) is 2.86. The molecule has 10 heteroatoms. The summed E-state index contributed by atoms with van der Waals surface area (Å²) in [6.07, 6.45) is -4.92. The van der Waals surface area contributed by atoms with Crippen molar-refractivity contribution in [2.24, 2.45) is 0 Å². The van der Waals surface area contributed by atoms with E-state index in [1.54, 1.807) is 6.07 Å². The van der Waals surface area contributed by atoms with Gasteiger partial charge in [-0.25, -0.2) is 0 Å². The van der Waals surface area contributed by atoms with Crippen molar-refractivity contribution in [3.63, 3.8) is 0 Å². The zero-order valence-corrected chi connectivity index (χ0v) is 20.4. The first-order valence-electron chi connectivity index (χ1n) is 10.7. The van der Waals surface area contributed by atoms with Crippen LogP contribution in [0.5, 0.6) is 17.2 Å². The normalized spacial score (nSPS) is 13.2. The Hall–Kier alpha value is -3.50. The van der Waals surface area contributed by atoms with Crippen molar-refractivity contribution in [3.8, 4) is 28.4 Å². The van der Waals surface area contributed by atoms with Gasteiger partial charge in [-0.05, 0) is 30.3 Å². The fraction of sp³-hybridized carbons (Fsp3) is 0.192. The quantitative estimate of drug-likeness (QED) is 0.270. The van der Waals surface area contributed by atoms with Gasteiger partial charge in [0.2, 0.25) is 11.2 Å². The van der Waals surface area contributed by atoms with Crippen molar-refractivity contribution in [1.29, 1.82) is 0 Å². The van der Waals surface area contributed by atoms with E-state index in [4.69, 9.17) is 23.4 Å². The number of rotatable bonds is 5. The molecule has 0 saturated heterocycles. The topological polar surface area (TPSA) is 67.1 Å². The van der Waals surface area contributed by atoms with Crippen LogP contribution in [0.15, 0.2) is 68.3 Å². The zero-order valence-electron chi connectivity index (χ0n) is 18.8. The average molecular weight is 563 g/mol. The van der Waals surface area contributed by atoms with Gasteiger partial charge in [0.1, 0.15) is 29.4 Å². The summed E-state index contributed by atoms with van der Waals surface area (Å²) in [5, 5.41) is -0.0171. The molecule has 186 valence electrons. The zero-order chi connectivity index (χ0) is 25.4. The van der Waals surface area contributed by atoms with Gasteiger partial charge in [0.05, 0.1) is 24.7 Å². The van der Waals surface area contributed by atoms with Crippen LogP contribution in [0.2, 0.25) is 0 Å². The molecule has 0 unspecified atom stereocenters. The van der Waals surface area contributed by atoms with E-state index in [2.05, 4.69) is 15.9 Å². The van der Waals surface area contributed by atoms with Crippen LogP contribution in [-0.4, -0.2) is 13.9 Å². The lowest BCUT2D eigenvalue weighted by Gasteiger charge is -2.21. The first-order chi connectivity index (χ1) is 17.3. The van der Waals surface area contributed by atoms with Gasteiger partial charge in [0.15, 0.2) is 6.79 Å².